The fourth-order valence-electron chi connectivity index (χ4n) is 1.83. The van der Waals surface area contributed by atoms with Gasteiger partial charge < -0.3 is 10.1 Å². The Kier molecular flexibility index (Phi) is 7.64. The van der Waals surface area contributed by atoms with Crippen LogP contribution < -0.4 is 10.1 Å². The third-order valence-corrected chi connectivity index (χ3v) is 3.30. The lowest BCUT2D eigenvalue weighted by Gasteiger charge is -2.09. The van der Waals surface area contributed by atoms with E-state index in [0.717, 1.165) is 12.0 Å². The molecular weight excluding hydrogens is 278 g/mol. The summed E-state index contributed by atoms with van der Waals surface area (Å²) in [5.74, 6) is 1.35. The van der Waals surface area contributed by atoms with Crippen LogP contribution >= 0.6 is 0 Å². The van der Waals surface area contributed by atoms with Crippen molar-refractivity contribution in [1.29, 1.82) is 0 Å². The normalized spacial score (nSPS) is 10.8. The van der Waals surface area contributed by atoms with E-state index in [2.05, 4.69) is 5.32 Å². The molecule has 1 aromatic rings. The molecule has 0 atom stereocenters. The van der Waals surface area contributed by atoms with Crippen LogP contribution in [-0.4, -0.2) is 24.8 Å². The molecular formula is C18H27NO3. The molecule has 22 heavy (non-hydrogen) atoms. The first kappa shape index (κ1) is 18.2. The van der Waals surface area contributed by atoms with Gasteiger partial charge in [-0.2, -0.15) is 0 Å². The fourth-order valence-corrected chi connectivity index (χ4v) is 1.83. The second-order valence-corrected chi connectivity index (χ2v) is 6.25. The van der Waals surface area contributed by atoms with Gasteiger partial charge in [0.2, 0.25) is 0 Å². The number of aryl methyl sites for hydroxylation is 1. The number of amides is 1. The molecule has 0 aliphatic rings. The molecule has 1 aromatic carbocycles. The number of hydrogen-bond donors (Lipinski definition) is 1. The first-order valence-electron chi connectivity index (χ1n) is 7.89. The number of Topliss-reactive ketones (excluding diaryl/α,β-unsaturated/α-hetero) is 1. The summed E-state index contributed by atoms with van der Waals surface area (Å²) in [6, 6.07) is 7.56. The highest BCUT2D eigenvalue weighted by Gasteiger charge is 2.07. The minimum absolute atomic E-state index is 0.0257. The van der Waals surface area contributed by atoms with Crippen LogP contribution in [0.4, 0.5) is 0 Å². The Morgan fingerprint density at radius 3 is 2.27 bits per heavy atom. The highest BCUT2D eigenvalue weighted by molar-refractivity contribution is 5.80. The van der Waals surface area contributed by atoms with E-state index < -0.39 is 0 Å². The molecule has 0 saturated carbocycles. The van der Waals surface area contributed by atoms with E-state index in [-0.39, 0.29) is 24.2 Å². The second-order valence-electron chi connectivity index (χ2n) is 6.25. The van der Waals surface area contributed by atoms with Crippen molar-refractivity contribution in [2.75, 3.05) is 13.2 Å². The van der Waals surface area contributed by atoms with Gasteiger partial charge in [-0.15, -0.1) is 0 Å². The number of nitrogens with one attached hydrogen (secondary N) is 1. The maximum absolute atomic E-state index is 11.6. The van der Waals surface area contributed by atoms with Crippen molar-refractivity contribution < 1.29 is 14.3 Å². The molecule has 0 spiro atoms. The molecule has 1 rings (SSSR count). The summed E-state index contributed by atoms with van der Waals surface area (Å²) in [6.45, 7) is 8.61. The predicted octanol–water partition coefficient (Wildman–Crippen LogP) is 3.00. The Labute approximate surface area is 133 Å². The zero-order valence-corrected chi connectivity index (χ0v) is 14.0. The smallest absolute Gasteiger partial charge is 0.257 e. The van der Waals surface area contributed by atoms with Crippen molar-refractivity contribution in [3.63, 3.8) is 0 Å². The van der Waals surface area contributed by atoms with Crippen molar-refractivity contribution in [2.45, 2.75) is 40.5 Å². The Balaban J connectivity index is 2.35. The third kappa shape index (κ3) is 7.25. The Bertz CT molecular complexity index is 478. The average Bonchev–Trinajstić information content (AvgIpc) is 2.49. The minimum atomic E-state index is -0.111. The molecule has 0 radical (unpaired) electrons. The second kappa shape index (κ2) is 9.23. The number of carbonyl (C=O) groups is 2. The van der Waals surface area contributed by atoms with E-state index in [1.54, 1.807) is 0 Å². The van der Waals surface area contributed by atoms with Crippen LogP contribution in [-0.2, 0) is 16.0 Å². The highest BCUT2D eigenvalue weighted by Crippen LogP contribution is 2.14. The fraction of sp³-hybridized carbons (Fsp3) is 0.556. The lowest BCUT2D eigenvalue weighted by Crippen LogP contribution is -2.31. The molecule has 0 unspecified atom stereocenters. The van der Waals surface area contributed by atoms with Crippen molar-refractivity contribution >= 4 is 11.7 Å². The lowest BCUT2D eigenvalue weighted by molar-refractivity contribution is -0.123. The highest BCUT2D eigenvalue weighted by atomic mass is 16.5. The van der Waals surface area contributed by atoms with Crippen LogP contribution in [0.15, 0.2) is 24.3 Å². The molecule has 0 aromatic heterocycles. The van der Waals surface area contributed by atoms with E-state index in [9.17, 15) is 9.59 Å². The van der Waals surface area contributed by atoms with E-state index in [4.69, 9.17) is 4.74 Å². The molecule has 0 bridgehead atoms. The van der Waals surface area contributed by atoms with E-state index in [1.165, 1.54) is 0 Å². The molecule has 4 nitrogen and oxygen atoms in total. The maximum atomic E-state index is 11.6. The molecule has 0 heterocycles. The van der Waals surface area contributed by atoms with E-state index in [1.807, 2.05) is 52.0 Å². The van der Waals surface area contributed by atoms with Crippen LogP contribution in [0.2, 0.25) is 0 Å². The van der Waals surface area contributed by atoms with Gasteiger partial charge in [0.15, 0.2) is 6.61 Å². The number of rotatable bonds is 9. The average molecular weight is 305 g/mol. The molecule has 122 valence electrons. The van der Waals surface area contributed by atoms with Crippen molar-refractivity contribution in [3.8, 4) is 5.75 Å². The number of ketones is 1. The van der Waals surface area contributed by atoms with Gasteiger partial charge in [0, 0.05) is 18.9 Å². The molecule has 0 aliphatic heterocycles. The van der Waals surface area contributed by atoms with Gasteiger partial charge in [0.25, 0.3) is 5.91 Å². The van der Waals surface area contributed by atoms with E-state index >= 15 is 0 Å². The standard InChI is InChI=1S/C18H27NO3/c1-13(2)11-19-18(21)12-22-16-8-5-15(6-9-16)7-10-17(20)14(3)4/h5-6,8-9,13-14H,7,10-12H2,1-4H3,(H,19,21). The first-order chi connectivity index (χ1) is 10.4. The molecule has 4 heteroatoms. The SMILES string of the molecule is CC(C)CNC(=O)COc1ccc(CCC(=O)C(C)C)cc1. The molecule has 1 amide bonds. The molecule has 0 aliphatic carbocycles. The minimum Gasteiger partial charge on any atom is -0.484 e. The monoisotopic (exact) mass is 305 g/mol. The summed E-state index contributed by atoms with van der Waals surface area (Å²) >= 11 is 0. The summed E-state index contributed by atoms with van der Waals surface area (Å²) < 4.78 is 5.44. The quantitative estimate of drug-likeness (QED) is 0.763. The predicted molar refractivity (Wildman–Crippen MR) is 88.0 cm³/mol. The van der Waals surface area contributed by atoms with Crippen molar-refractivity contribution in [2.24, 2.45) is 11.8 Å². The topological polar surface area (TPSA) is 55.4 Å². The van der Waals surface area contributed by atoms with Crippen LogP contribution in [0.5, 0.6) is 5.75 Å². The van der Waals surface area contributed by atoms with Crippen LogP contribution in [0.1, 0.15) is 39.7 Å². The Morgan fingerprint density at radius 1 is 1.09 bits per heavy atom. The summed E-state index contributed by atoms with van der Waals surface area (Å²) in [7, 11) is 0. The maximum Gasteiger partial charge on any atom is 0.257 e. The first-order valence-corrected chi connectivity index (χ1v) is 7.89. The largest absolute Gasteiger partial charge is 0.484 e. The summed E-state index contributed by atoms with van der Waals surface area (Å²) in [5.41, 5.74) is 1.10. The molecule has 0 fully saturated rings. The van der Waals surface area contributed by atoms with Crippen molar-refractivity contribution in [1.82, 2.24) is 5.32 Å². The van der Waals surface area contributed by atoms with Gasteiger partial charge in [-0.05, 0) is 30.0 Å². The zero-order chi connectivity index (χ0) is 16.5. The molecule has 0 saturated heterocycles. The van der Waals surface area contributed by atoms with Gasteiger partial charge in [0.1, 0.15) is 11.5 Å². The van der Waals surface area contributed by atoms with Gasteiger partial charge >= 0.3 is 0 Å². The lowest BCUT2D eigenvalue weighted by atomic mass is 10.0. The van der Waals surface area contributed by atoms with Gasteiger partial charge in [-0.1, -0.05) is 39.8 Å². The number of benzene rings is 1. The van der Waals surface area contributed by atoms with Crippen LogP contribution in [0.3, 0.4) is 0 Å². The van der Waals surface area contributed by atoms with Gasteiger partial charge in [0.05, 0.1) is 0 Å². The summed E-state index contributed by atoms with van der Waals surface area (Å²) in [4.78, 5) is 23.2. The number of hydrogen-bond acceptors (Lipinski definition) is 3. The summed E-state index contributed by atoms with van der Waals surface area (Å²) in [5, 5.41) is 2.81. The summed E-state index contributed by atoms with van der Waals surface area (Å²) in [6.07, 6.45) is 1.31. The van der Waals surface area contributed by atoms with E-state index in [0.29, 0.717) is 24.6 Å². The third-order valence-electron chi connectivity index (χ3n) is 3.30. The van der Waals surface area contributed by atoms with Crippen LogP contribution in [0, 0.1) is 11.8 Å². The molecule has 1 N–H and O–H groups in total. The number of ether oxygens (including phenoxy) is 1. The Morgan fingerprint density at radius 2 is 1.73 bits per heavy atom. The van der Waals surface area contributed by atoms with Crippen LogP contribution in [0.25, 0.3) is 0 Å². The van der Waals surface area contributed by atoms with Crippen molar-refractivity contribution in [3.05, 3.63) is 29.8 Å². The zero-order valence-electron chi connectivity index (χ0n) is 14.0. The van der Waals surface area contributed by atoms with Gasteiger partial charge in [-0.25, -0.2) is 0 Å². The van der Waals surface area contributed by atoms with Gasteiger partial charge in [-0.3, -0.25) is 9.59 Å². The Hall–Kier alpha value is -1.84. The number of carbonyl (C=O) groups excluding carboxylic acids is 2.